The van der Waals surface area contributed by atoms with Crippen molar-refractivity contribution in [1.82, 2.24) is 14.8 Å². The molecule has 3 rings (SSSR count). The van der Waals surface area contributed by atoms with Gasteiger partial charge in [-0.25, -0.2) is 4.98 Å². The van der Waals surface area contributed by atoms with Gasteiger partial charge < -0.3 is 0 Å². The number of nitrogens with zero attached hydrogens (tertiary/aromatic N) is 3. The van der Waals surface area contributed by atoms with E-state index in [-0.39, 0.29) is 12.4 Å². The Kier molecular flexibility index (Phi) is 7.28. The van der Waals surface area contributed by atoms with E-state index in [0.717, 1.165) is 28.9 Å². The Bertz CT molecular complexity index is 745. The monoisotopic (exact) mass is 425 g/mol. The predicted octanol–water partition coefficient (Wildman–Crippen LogP) is 5.53. The highest BCUT2D eigenvalue weighted by Gasteiger charge is 2.16. The highest BCUT2D eigenvalue weighted by Crippen LogP contribution is 2.29. The summed E-state index contributed by atoms with van der Waals surface area (Å²) in [6.45, 7) is 0.778. The fourth-order valence-corrected chi connectivity index (χ4v) is 3.25. The minimum absolute atomic E-state index is 0. The predicted molar refractivity (Wildman–Crippen MR) is 104 cm³/mol. The minimum atomic E-state index is 0. The number of benzene rings is 2. The van der Waals surface area contributed by atoms with Crippen molar-refractivity contribution in [2.45, 2.75) is 25.3 Å². The molecule has 1 unspecified atom stereocenters. The number of halogens is 3. The van der Waals surface area contributed by atoms with Gasteiger partial charge in [0.05, 0.1) is 0 Å². The van der Waals surface area contributed by atoms with Crippen molar-refractivity contribution >= 4 is 39.9 Å². The van der Waals surface area contributed by atoms with E-state index < -0.39 is 0 Å². The average molecular weight is 427 g/mol. The summed E-state index contributed by atoms with van der Waals surface area (Å²) in [5.74, 6) is 0.300. The first-order valence-corrected chi connectivity index (χ1v) is 8.71. The lowest BCUT2D eigenvalue weighted by Crippen LogP contribution is -2.11. The Labute approximate surface area is 161 Å². The van der Waals surface area contributed by atoms with E-state index in [4.69, 9.17) is 11.6 Å². The van der Waals surface area contributed by atoms with Crippen molar-refractivity contribution in [3.05, 3.63) is 81.8 Å². The van der Waals surface area contributed by atoms with E-state index in [0.29, 0.717) is 5.92 Å². The molecule has 3 nitrogen and oxygen atoms in total. The summed E-state index contributed by atoms with van der Waals surface area (Å²) in [4.78, 5) is 4.03. The van der Waals surface area contributed by atoms with Gasteiger partial charge in [-0.15, -0.1) is 12.4 Å². The first-order valence-electron chi connectivity index (χ1n) is 7.53. The highest BCUT2D eigenvalue weighted by atomic mass is 79.9. The fraction of sp³-hybridized carbons (Fsp3) is 0.222. The van der Waals surface area contributed by atoms with Crippen molar-refractivity contribution in [1.29, 1.82) is 0 Å². The van der Waals surface area contributed by atoms with E-state index in [1.807, 2.05) is 22.9 Å². The minimum Gasteiger partial charge on any atom is -0.252 e. The molecule has 0 fully saturated rings. The first kappa shape index (κ1) is 19.0. The fourth-order valence-electron chi connectivity index (χ4n) is 2.70. The normalized spacial score (nSPS) is 11.8. The molecule has 1 heterocycles. The van der Waals surface area contributed by atoms with Crippen molar-refractivity contribution in [2.75, 3.05) is 0 Å². The van der Waals surface area contributed by atoms with E-state index >= 15 is 0 Å². The number of hydrogen-bond donors (Lipinski definition) is 0. The average Bonchev–Trinajstić information content (AvgIpc) is 3.07. The van der Waals surface area contributed by atoms with Crippen molar-refractivity contribution in [2.24, 2.45) is 0 Å². The van der Waals surface area contributed by atoms with Gasteiger partial charge in [-0.05, 0) is 42.2 Å². The standard InChI is InChI=1S/C18H17BrClN3.ClH/c19-16-9-6-14(7-10-16)5-8-15(11-23-13-21-12-22-23)17-3-1-2-4-18(17)20;/h1-4,6-7,9-10,12-13,15H,5,8,11H2;1H. The Balaban J connectivity index is 0.00000208. The Morgan fingerprint density at radius 1 is 1.08 bits per heavy atom. The van der Waals surface area contributed by atoms with Crippen LogP contribution >= 0.6 is 39.9 Å². The molecule has 0 aliphatic carbocycles. The first-order chi connectivity index (χ1) is 11.2. The molecule has 0 bridgehead atoms. The molecule has 0 N–H and O–H groups in total. The molecular weight excluding hydrogens is 409 g/mol. The van der Waals surface area contributed by atoms with E-state index in [9.17, 15) is 0 Å². The summed E-state index contributed by atoms with van der Waals surface area (Å²) < 4.78 is 2.97. The van der Waals surface area contributed by atoms with Crippen LogP contribution in [-0.4, -0.2) is 14.8 Å². The molecule has 0 aliphatic rings. The summed E-state index contributed by atoms with van der Waals surface area (Å²) in [7, 11) is 0. The van der Waals surface area contributed by atoms with Gasteiger partial charge >= 0.3 is 0 Å². The zero-order valence-corrected chi connectivity index (χ0v) is 16.1. The number of hydrogen-bond acceptors (Lipinski definition) is 2. The van der Waals surface area contributed by atoms with Gasteiger partial charge in [0.15, 0.2) is 0 Å². The van der Waals surface area contributed by atoms with Crippen LogP contribution in [0.4, 0.5) is 0 Å². The summed E-state index contributed by atoms with van der Waals surface area (Å²) in [6.07, 6.45) is 5.32. The van der Waals surface area contributed by atoms with Crippen molar-refractivity contribution in [3.8, 4) is 0 Å². The molecule has 0 spiro atoms. The molecule has 3 aromatic rings. The van der Waals surface area contributed by atoms with Crippen LogP contribution in [0, 0.1) is 0 Å². The van der Waals surface area contributed by atoms with Crippen LogP contribution in [-0.2, 0) is 13.0 Å². The van der Waals surface area contributed by atoms with Gasteiger partial charge in [0.25, 0.3) is 0 Å². The van der Waals surface area contributed by atoms with Gasteiger partial charge in [-0.1, -0.05) is 57.9 Å². The summed E-state index contributed by atoms with van der Waals surface area (Å²) in [5, 5.41) is 5.05. The van der Waals surface area contributed by atoms with E-state index in [1.165, 1.54) is 11.1 Å². The summed E-state index contributed by atoms with van der Waals surface area (Å²) >= 11 is 9.89. The number of aryl methyl sites for hydroxylation is 1. The maximum atomic E-state index is 6.41. The molecule has 2 aromatic carbocycles. The quantitative estimate of drug-likeness (QED) is 0.518. The number of aromatic nitrogens is 3. The van der Waals surface area contributed by atoms with Crippen LogP contribution in [0.5, 0.6) is 0 Å². The Hall–Kier alpha value is -1.36. The molecule has 0 amide bonds. The molecule has 1 atom stereocenters. The Morgan fingerprint density at radius 3 is 2.50 bits per heavy atom. The molecule has 0 saturated carbocycles. The SMILES string of the molecule is Cl.Clc1ccccc1C(CCc1ccc(Br)cc1)Cn1cncn1. The zero-order valence-electron chi connectivity index (χ0n) is 13.0. The van der Waals surface area contributed by atoms with Crippen LogP contribution in [0.1, 0.15) is 23.5 Å². The smallest absolute Gasteiger partial charge is 0.137 e. The zero-order chi connectivity index (χ0) is 16.1. The lowest BCUT2D eigenvalue weighted by molar-refractivity contribution is 0.488. The van der Waals surface area contributed by atoms with Gasteiger partial charge in [0.1, 0.15) is 12.7 Å². The van der Waals surface area contributed by atoms with Crippen molar-refractivity contribution in [3.63, 3.8) is 0 Å². The second kappa shape index (κ2) is 9.21. The van der Waals surface area contributed by atoms with Gasteiger partial charge in [-0.3, -0.25) is 4.68 Å². The highest BCUT2D eigenvalue weighted by molar-refractivity contribution is 9.10. The van der Waals surface area contributed by atoms with E-state index in [2.05, 4.69) is 56.3 Å². The van der Waals surface area contributed by atoms with Gasteiger partial charge in [-0.2, -0.15) is 5.10 Å². The lowest BCUT2D eigenvalue weighted by atomic mass is 9.92. The largest absolute Gasteiger partial charge is 0.252 e. The lowest BCUT2D eigenvalue weighted by Gasteiger charge is -2.18. The third-order valence-corrected chi connectivity index (χ3v) is 4.79. The topological polar surface area (TPSA) is 30.7 Å². The molecule has 0 radical (unpaired) electrons. The second-order valence-corrected chi connectivity index (χ2v) is 6.82. The van der Waals surface area contributed by atoms with Gasteiger partial charge in [0.2, 0.25) is 0 Å². The van der Waals surface area contributed by atoms with Crippen LogP contribution in [0.2, 0.25) is 5.02 Å². The third kappa shape index (κ3) is 5.07. The van der Waals surface area contributed by atoms with Crippen molar-refractivity contribution < 1.29 is 0 Å². The molecule has 6 heteroatoms. The Morgan fingerprint density at radius 2 is 1.83 bits per heavy atom. The van der Waals surface area contributed by atoms with Crippen LogP contribution in [0.25, 0.3) is 0 Å². The molecule has 126 valence electrons. The van der Waals surface area contributed by atoms with Gasteiger partial charge in [0, 0.05) is 22.0 Å². The third-order valence-electron chi connectivity index (χ3n) is 3.91. The van der Waals surface area contributed by atoms with Crippen LogP contribution in [0.15, 0.2) is 65.7 Å². The second-order valence-electron chi connectivity index (χ2n) is 5.50. The molecule has 0 aliphatic heterocycles. The van der Waals surface area contributed by atoms with E-state index in [1.54, 1.807) is 12.7 Å². The molecule has 0 saturated heterocycles. The van der Waals surface area contributed by atoms with Crippen LogP contribution in [0.3, 0.4) is 0 Å². The molecular formula is C18H18BrCl2N3. The van der Waals surface area contributed by atoms with Crippen LogP contribution < -0.4 is 0 Å². The maximum absolute atomic E-state index is 6.41. The molecule has 1 aromatic heterocycles. The summed E-state index contributed by atoms with van der Waals surface area (Å²) in [5.41, 5.74) is 2.49. The molecule has 24 heavy (non-hydrogen) atoms. The number of rotatable bonds is 6. The summed E-state index contributed by atoms with van der Waals surface area (Å²) in [6, 6.07) is 16.5. The maximum Gasteiger partial charge on any atom is 0.137 e.